The first-order valence-corrected chi connectivity index (χ1v) is 13.4. The molecule has 38 heavy (non-hydrogen) atoms. The van der Waals surface area contributed by atoms with Crippen molar-refractivity contribution in [2.75, 3.05) is 36.5 Å². The van der Waals surface area contributed by atoms with E-state index >= 15 is 0 Å². The van der Waals surface area contributed by atoms with Crippen LogP contribution in [0.25, 0.3) is 0 Å². The predicted molar refractivity (Wildman–Crippen MR) is 138 cm³/mol. The van der Waals surface area contributed by atoms with E-state index in [-0.39, 0.29) is 32.4 Å². The first-order chi connectivity index (χ1) is 18.0. The number of likely N-dealkylation sites (tertiary alicyclic amines) is 1. The number of carbonyl (C=O) groups excluding carboxylic acids is 1. The highest BCUT2D eigenvalue weighted by Crippen LogP contribution is 2.35. The Morgan fingerprint density at radius 1 is 1.26 bits per heavy atom. The Morgan fingerprint density at radius 2 is 1.95 bits per heavy atom. The summed E-state index contributed by atoms with van der Waals surface area (Å²) in [6, 6.07) is 7.24. The van der Waals surface area contributed by atoms with Crippen molar-refractivity contribution in [2.24, 2.45) is 0 Å². The van der Waals surface area contributed by atoms with Crippen molar-refractivity contribution in [1.29, 1.82) is 0 Å². The van der Waals surface area contributed by atoms with Gasteiger partial charge in [0.05, 0.1) is 6.61 Å². The van der Waals surface area contributed by atoms with Gasteiger partial charge in [0, 0.05) is 54.4 Å². The fourth-order valence-electron chi connectivity index (χ4n) is 4.96. The van der Waals surface area contributed by atoms with Gasteiger partial charge in [0.2, 0.25) is 5.67 Å². The van der Waals surface area contributed by atoms with Gasteiger partial charge in [-0.15, -0.1) is 0 Å². The van der Waals surface area contributed by atoms with Gasteiger partial charge in [-0.3, -0.25) is 4.90 Å². The molecule has 1 unspecified atom stereocenters. The molecule has 0 spiro atoms. The second kappa shape index (κ2) is 11.7. The molecule has 12 heteroatoms. The molecule has 2 atom stereocenters. The number of aliphatic hydroxyl groups is 1. The molecule has 0 saturated carbocycles. The number of aliphatic hydroxyl groups excluding tert-OH is 1. The van der Waals surface area contributed by atoms with Crippen molar-refractivity contribution in [3.63, 3.8) is 0 Å². The highest BCUT2D eigenvalue weighted by atomic mass is 79.9. The van der Waals surface area contributed by atoms with Crippen molar-refractivity contribution >= 4 is 33.4 Å². The fourth-order valence-corrected chi connectivity index (χ4v) is 5.30. The van der Waals surface area contributed by atoms with Crippen LogP contribution < -0.4 is 10.2 Å². The van der Waals surface area contributed by atoms with Gasteiger partial charge in [0.25, 0.3) is 0 Å². The number of carbonyl (C=O) groups is 1. The maximum absolute atomic E-state index is 14.9. The predicted octanol–water partition coefficient (Wildman–Crippen LogP) is 5.35. The Morgan fingerprint density at radius 3 is 2.58 bits per heavy atom. The molecule has 208 valence electrons. The maximum Gasteiger partial charge on any atom is 0.404 e. The van der Waals surface area contributed by atoms with Crippen LogP contribution in [-0.4, -0.2) is 65.1 Å². The number of hydrogen-bond donors (Lipinski definition) is 2. The molecule has 0 radical (unpaired) electrons. The van der Waals surface area contributed by atoms with Crippen molar-refractivity contribution in [1.82, 2.24) is 9.88 Å². The normalized spacial score (nSPS) is 20.8. The summed E-state index contributed by atoms with van der Waals surface area (Å²) in [4.78, 5) is 19.5. The van der Waals surface area contributed by atoms with E-state index in [2.05, 4.69) is 26.2 Å². The molecule has 3 heterocycles. The van der Waals surface area contributed by atoms with E-state index in [0.29, 0.717) is 47.5 Å². The molecule has 2 saturated heterocycles. The van der Waals surface area contributed by atoms with Crippen LogP contribution in [-0.2, 0) is 16.1 Å². The van der Waals surface area contributed by atoms with E-state index in [9.17, 15) is 27.5 Å². The molecule has 0 amide bonds. The monoisotopic (exact) mass is 602 g/mol. The van der Waals surface area contributed by atoms with Gasteiger partial charge < -0.3 is 20.1 Å². The van der Waals surface area contributed by atoms with Crippen LogP contribution in [0.3, 0.4) is 0 Å². The molecular formula is C26H31BrF4N4O3. The second-order valence-electron chi connectivity index (χ2n) is 9.64. The number of hydrogen-bond acceptors (Lipinski definition) is 7. The molecule has 2 aliphatic heterocycles. The SMILES string of the molecule is CCOC(=O)C1(F)CCN(c2ccc(C(O)Nc3cc(CN4CCC[C@H]4C(F)(F)F)c(Br)cn3)cc2)CC1. The zero-order chi connectivity index (χ0) is 27.5. The largest absolute Gasteiger partial charge is 0.464 e. The van der Waals surface area contributed by atoms with Gasteiger partial charge in [-0.2, -0.15) is 13.2 Å². The Labute approximate surface area is 227 Å². The van der Waals surface area contributed by atoms with Crippen LogP contribution in [0.15, 0.2) is 41.0 Å². The summed E-state index contributed by atoms with van der Waals surface area (Å²) in [5.74, 6) is -0.480. The van der Waals surface area contributed by atoms with E-state index in [1.165, 1.54) is 11.1 Å². The first kappa shape index (κ1) is 28.6. The zero-order valence-corrected chi connectivity index (χ0v) is 22.6. The van der Waals surface area contributed by atoms with Gasteiger partial charge >= 0.3 is 12.1 Å². The first-order valence-electron chi connectivity index (χ1n) is 12.6. The maximum atomic E-state index is 14.9. The Kier molecular flexibility index (Phi) is 8.83. The number of pyridine rings is 1. The summed E-state index contributed by atoms with van der Waals surface area (Å²) in [7, 11) is 0. The van der Waals surface area contributed by atoms with Gasteiger partial charge in [0.15, 0.2) is 6.23 Å². The van der Waals surface area contributed by atoms with E-state index < -0.39 is 30.1 Å². The minimum atomic E-state index is -4.27. The number of nitrogens with zero attached hydrogens (tertiary/aromatic N) is 3. The van der Waals surface area contributed by atoms with E-state index in [0.717, 1.165) is 5.69 Å². The highest BCUT2D eigenvalue weighted by molar-refractivity contribution is 9.10. The molecule has 2 N–H and O–H groups in total. The van der Waals surface area contributed by atoms with E-state index in [1.54, 1.807) is 37.3 Å². The zero-order valence-electron chi connectivity index (χ0n) is 21.0. The Bertz CT molecular complexity index is 1110. The molecule has 2 aromatic rings. The van der Waals surface area contributed by atoms with E-state index in [1.807, 2.05) is 4.90 Å². The quantitative estimate of drug-likeness (QED) is 0.240. The van der Waals surface area contributed by atoms with Crippen LogP contribution in [0.5, 0.6) is 0 Å². The summed E-state index contributed by atoms with van der Waals surface area (Å²) in [5.41, 5.74) is 0.0600. The number of rotatable bonds is 8. The number of alkyl halides is 4. The van der Waals surface area contributed by atoms with Gasteiger partial charge in [0.1, 0.15) is 11.9 Å². The number of halogens is 5. The molecule has 0 aliphatic carbocycles. The number of benzene rings is 1. The smallest absolute Gasteiger partial charge is 0.404 e. The summed E-state index contributed by atoms with van der Waals surface area (Å²) in [5, 5.41) is 13.6. The molecule has 4 rings (SSSR count). The van der Waals surface area contributed by atoms with Crippen LogP contribution in [0, 0.1) is 0 Å². The molecule has 1 aromatic heterocycles. The number of piperidine rings is 1. The number of ether oxygens (including phenoxy) is 1. The highest BCUT2D eigenvalue weighted by Gasteiger charge is 2.46. The fraction of sp³-hybridized carbons (Fsp3) is 0.538. The molecule has 1 aromatic carbocycles. The standard InChI is InChI=1S/C26H31BrF4N4O3/c1-2-38-24(37)25(28)9-12-34(13-10-25)19-7-5-17(6-8-19)23(36)33-22-14-18(20(27)15-32-22)16-35-11-3-4-21(35)26(29,30)31/h5-8,14-15,21,23,36H,2-4,9-13,16H2,1H3,(H,32,33)/t21-,23?/m0/s1. The van der Waals surface area contributed by atoms with Crippen LogP contribution in [0.4, 0.5) is 29.1 Å². The van der Waals surface area contributed by atoms with Gasteiger partial charge in [-0.05, 0) is 66.0 Å². The lowest BCUT2D eigenvalue weighted by Crippen LogP contribution is -2.47. The van der Waals surface area contributed by atoms with Crippen molar-refractivity contribution in [2.45, 2.75) is 63.3 Å². The lowest BCUT2D eigenvalue weighted by Gasteiger charge is -2.36. The van der Waals surface area contributed by atoms with Crippen molar-refractivity contribution < 1.29 is 32.2 Å². The topological polar surface area (TPSA) is 77.9 Å². The number of aromatic nitrogens is 1. The molecule has 7 nitrogen and oxygen atoms in total. The number of anilines is 2. The average Bonchev–Trinajstić information content (AvgIpc) is 3.36. The summed E-state index contributed by atoms with van der Waals surface area (Å²) < 4.78 is 60.3. The van der Waals surface area contributed by atoms with Crippen LogP contribution >= 0.6 is 15.9 Å². The molecule has 0 bridgehead atoms. The third-order valence-corrected chi connectivity index (χ3v) is 7.82. The number of esters is 1. The van der Waals surface area contributed by atoms with Crippen LogP contribution in [0.1, 0.15) is 50.0 Å². The third kappa shape index (κ3) is 6.58. The molecule has 2 fully saturated rings. The molecular weight excluding hydrogens is 572 g/mol. The lowest BCUT2D eigenvalue weighted by molar-refractivity contribution is -0.177. The minimum Gasteiger partial charge on any atom is -0.464 e. The van der Waals surface area contributed by atoms with E-state index in [4.69, 9.17) is 4.74 Å². The van der Waals surface area contributed by atoms with Gasteiger partial charge in [-0.25, -0.2) is 14.2 Å². The summed E-state index contributed by atoms with van der Waals surface area (Å²) in [6.07, 6.45) is -3.22. The van der Waals surface area contributed by atoms with Gasteiger partial charge in [-0.1, -0.05) is 12.1 Å². The second-order valence-corrected chi connectivity index (χ2v) is 10.5. The Balaban J connectivity index is 1.36. The molecule has 2 aliphatic rings. The van der Waals surface area contributed by atoms with Crippen molar-refractivity contribution in [3.05, 3.63) is 52.1 Å². The minimum absolute atomic E-state index is 0.0382. The van der Waals surface area contributed by atoms with Crippen LogP contribution in [0.2, 0.25) is 0 Å². The lowest BCUT2D eigenvalue weighted by atomic mass is 9.93. The third-order valence-electron chi connectivity index (χ3n) is 7.11. The average molecular weight is 603 g/mol. The summed E-state index contributed by atoms with van der Waals surface area (Å²) >= 11 is 3.37. The number of nitrogens with one attached hydrogen (secondary N) is 1. The Hall–Kier alpha value is -2.44. The van der Waals surface area contributed by atoms with Crippen molar-refractivity contribution in [3.8, 4) is 0 Å². The summed E-state index contributed by atoms with van der Waals surface area (Å²) in [6.45, 7) is 2.97.